The molecule has 0 fully saturated rings. The number of carbonyl (C=O) groups is 1. The van der Waals surface area contributed by atoms with Gasteiger partial charge < -0.3 is 10.2 Å². The van der Waals surface area contributed by atoms with E-state index in [0.717, 1.165) is 31.2 Å². The van der Waals surface area contributed by atoms with Gasteiger partial charge in [-0.2, -0.15) is 0 Å². The van der Waals surface area contributed by atoms with Gasteiger partial charge in [-0.05, 0) is 29.9 Å². The van der Waals surface area contributed by atoms with E-state index in [1.54, 1.807) is 24.3 Å². The molecule has 20 heavy (non-hydrogen) atoms. The largest absolute Gasteiger partial charge is 0.507 e. The lowest BCUT2D eigenvalue weighted by atomic mass is 9.96. The predicted octanol–water partition coefficient (Wildman–Crippen LogP) is 4.37. The summed E-state index contributed by atoms with van der Waals surface area (Å²) in [6, 6.07) is 8.72. The average molecular weight is 272 g/mol. The number of phenols is 1. The second-order valence-electron chi connectivity index (χ2n) is 5.09. The number of aromatic carboxylic acids is 1. The molecule has 0 aliphatic rings. The number of rotatable bonds is 6. The van der Waals surface area contributed by atoms with Crippen LogP contribution < -0.4 is 0 Å². The molecule has 0 atom stereocenters. The highest BCUT2D eigenvalue weighted by Crippen LogP contribution is 2.32. The normalized spacial score (nSPS) is 10.8. The molecule has 0 heterocycles. The standard InChI is InChI=1S/C17H20O3/c1-2-3-4-5-8-12-11-15(17(19)20)13-9-6-7-10-14(13)16(12)18/h6-7,9-11,18H,2-5,8H2,1H3,(H,19,20). The summed E-state index contributed by atoms with van der Waals surface area (Å²) in [5, 5.41) is 20.9. The summed E-state index contributed by atoms with van der Waals surface area (Å²) >= 11 is 0. The van der Waals surface area contributed by atoms with Crippen molar-refractivity contribution in [2.45, 2.75) is 39.0 Å². The van der Waals surface area contributed by atoms with Crippen molar-refractivity contribution in [1.82, 2.24) is 0 Å². The molecule has 0 aliphatic heterocycles. The number of aromatic hydroxyl groups is 1. The fraction of sp³-hybridized carbons (Fsp3) is 0.353. The Morgan fingerprint density at radius 1 is 1.10 bits per heavy atom. The van der Waals surface area contributed by atoms with Gasteiger partial charge in [-0.15, -0.1) is 0 Å². The van der Waals surface area contributed by atoms with E-state index < -0.39 is 5.97 Å². The maximum Gasteiger partial charge on any atom is 0.336 e. The summed E-state index contributed by atoms with van der Waals surface area (Å²) in [6.07, 6.45) is 5.12. The van der Waals surface area contributed by atoms with Crippen LogP contribution in [0.3, 0.4) is 0 Å². The number of carboxylic acid groups (broad SMARTS) is 1. The van der Waals surface area contributed by atoms with Crippen LogP contribution in [-0.4, -0.2) is 16.2 Å². The molecule has 0 radical (unpaired) electrons. The maximum atomic E-state index is 11.4. The van der Waals surface area contributed by atoms with Crippen molar-refractivity contribution < 1.29 is 15.0 Å². The van der Waals surface area contributed by atoms with Crippen molar-refractivity contribution in [2.24, 2.45) is 0 Å². The van der Waals surface area contributed by atoms with Crippen LogP contribution in [-0.2, 0) is 6.42 Å². The highest BCUT2D eigenvalue weighted by Gasteiger charge is 2.15. The third-order valence-corrected chi connectivity index (χ3v) is 3.63. The zero-order chi connectivity index (χ0) is 14.5. The molecule has 2 aromatic carbocycles. The van der Waals surface area contributed by atoms with E-state index >= 15 is 0 Å². The molecule has 2 rings (SSSR count). The Morgan fingerprint density at radius 2 is 1.80 bits per heavy atom. The van der Waals surface area contributed by atoms with Gasteiger partial charge in [-0.1, -0.05) is 50.5 Å². The highest BCUT2D eigenvalue weighted by molar-refractivity contribution is 6.06. The molecule has 0 aromatic heterocycles. The Morgan fingerprint density at radius 3 is 2.45 bits per heavy atom. The average Bonchev–Trinajstić information content (AvgIpc) is 2.45. The van der Waals surface area contributed by atoms with Crippen LogP contribution in [0.5, 0.6) is 5.75 Å². The highest BCUT2D eigenvalue weighted by atomic mass is 16.4. The maximum absolute atomic E-state index is 11.4. The minimum atomic E-state index is -0.948. The van der Waals surface area contributed by atoms with Gasteiger partial charge in [-0.25, -0.2) is 4.79 Å². The lowest BCUT2D eigenvalue weighted by Crippen LogP contribution is -2.00. The number of phenolic OH excluding ortho intramolecular Hbond substituents is 1. The molecule has 0 bridgehead atoms. The van der Waals surface area contributed by atoms with Crippen LogP contribution in [0.15, 0.2) is 30.3 Å². The van der Waals surface area contributed by atoms with Gasteiger partial charge in [0.2, 0.25) is 0 Å². The van der Waals surface area contributed by atoms with E-state index in [9.17, 15) is 15.0 Å². The second kappa shape index (κ2) is 6.42. The first-order valence-corrected chi connectivity index (χ1v) is 7.12. The number of carboxylic acids is 1. The van der Waals surface area contributed by atoms with Crippen LogP contribution in [0.2, 0.25) is 0 Å². The molecule has 106 valence electrons. The fourth-order valence-electron chi connectivity index (χ4n) is 2.53. The zero-order valence-electron chi connectivity index (χ0n) is 11.7. The Kier molecular flexibility index (Phi) is 4.61. The van der Waals surface area contributed by atoms with E-state index in [0.29, 0.717) is 10.8 Å². The van der Waals surface area contributed by atoms with Crippen LogP contribution in [0.4, 0.5) is 0 Å². The lowest BCUT2D eigenvalue weighted by Gasteiger charge is -2.11. The van der Waals surface area contributed by atoms with Gasteiger partial charge in [0.15, 0.2) is 0 Å². The molecule has 0 aliphatic carbocycles. The molecular formula is C17H20O3. The molecule has 3 heteroatoms. The van der Waals surface area contributed by atoms with Gasteiger partial charge >= 0.3 is 5.97 Å². The molecule has 2 N–H and O–H groups in total. The van der Waals surface area contributed by atoms with Crippen molar-refractivity contribution in [3.63, 3.8) is 0 Å². The summed E-state index contributed by atoms with van der Waals surface area (Å²) in [5.74, 6) is -0.724. The molecule has 2 aromatic rings. The number of aryl methyl sites for hydroxylation is 1. The van der Waals surface area contributed by atoms with Gasteiger partial charge in [0.05, 0.1) is 5.56 Å². The predicted molar refractivity (Wildman–Crippen MR) is 80.4 cm³/mol. The summed E-state index contributed by atoms with van der Waals surface area (Å²) in [6.45, 7) is 2.15. The first kappa shape index (κ1) is 14.4. The Labute approximate surface area is 118 Å². The third kappa shape index (κ3) is 2.93. The van der Waals surface area contributed by atoms with Crippen molar-refractivity contribution in [3.05, 3.63) is 41.5 Å². The Hall–Kier alpha value is -2.03. The molecular weight excluding hydrogens is 252 g/mol. The van der Waals surface area contributed by atoms with Crippen molar-refractivity contribution in [2.75, 3.05) is 0 Å². The summed E-state index contributed by atoms with van der Waals surface area (Å²) in [5.41, 5.74) is 1.00. The van der Waals surface area contributed by atoms with E-state index in [1.807, 2.05) is 6.07 Å². The Bertz CT molecular complexity index is 617. The smallest absolute Gasteiger partial charge is 0.336 e. The van der Waals surface area contributed by atoms with Gasteiger partial charge in [0, 0.05) is 5.39 Å². The van der Waals surface area contributed by atoms with Crippen molar-refractivity contribution in [1.29, 1.82) is 0 Å². The van der Waals surface area contributed by atoms with E-state index in [2.05, 4.69) is 6.92 Å². The molecule has 0 saturated heterocycles. The molecule has 0 unspecified atom stereocenters. The fourth-order valence-corrected chi connectivity index (χ4v) is 2.53. The quantitative estimate of drug-likeness (QED) is 0.768. The van der Waals surface area contributed by atoms with Crippen LogP contribution in [0.25, 0.3) is 10.8 Å². The number of unbranched alkanes of at least 4 members (excludes halogenated alkanes) is 3. The van der Waals surface area contributed by atoms with Gasteiger partial charge in [0.25, 0.3) is 0 Å². The van der Waals surface area contributed by atoms with E-state index in [1.165, 1.54) is 6.42 Å². The third-order valence-electron chi connectivity index (χ3n) is 3.63. The lowest BCUT2D eigenvalue weighted by molar-refractivity contribution is 0.0699. The van der Waals surface area contributed by atoms with E-state index in [4.69, 9.17) is 0 Å². The summed E-state index contributed by atoms with van der Waals surface area (Å²) in [7, 11) is 0. The topological polar surface area (TPSA) is 57.5 Å². The van der Waals surface area contributed by atoms with Gasteiger partial charge in [-0.3, -0.25) is 0 Å². The number of benzene rings is 2. The Balaban J connectivity index is 2.39. The number of fused-ring (bicyclic) bond motifs is 1. The summed E-state index contributed by atoms with van der Waals surface area (Å²) < 4.78 is 0. The van der Waals surface area contributed by atoms with Crippen LogP contribution in [0.1, 0.15) is 48.5 Å². The minimum Gasteiger partial charge on any atom is -0.507 e. The second-order valence-corrected chi connectivity index (χ2v) is 5.09. The first-order chi connectivity index (χ1) is 9.65. The minimum absolute atomic E-state index is 0.224. The molecule has 3 nitrogen and oxygen atoms in total. The summed E-state index contributed by atoms with van der Waals surface area (Å²) in [4.78, 5) is 11.4. The van der Waals surface area contributed by atoms with Crippen molar-refractivity contribution >= 4 is 16.7 Å². The number of hydrogen-bond donors (Lipinski definition) is 2. The first-order valence-electron chi connectivity index (χ1n) is 7.12. The molecule has 0 saturated carbocycles. The molecule has 0 amide bonds. The zero-order valence-corrected chi connectivity index (χ0v) is 11.7. The SMILES string of the molecule is CCCCCCc1cc(C(=O)O)c2ccccc2c1O. The van der Waals surface area contributed by atoms with Crippen LogP contribution >= 0.6 is 0 Å². The monoisotopic (exact) mass is 272 g/mol. The van der Waals surface area contributed by atoms with Gasteiger partial charge in [0.1, 0.15) is 5.75 Å². The molecule has 0 spiro atoms. The number of hydrogen-bond acceptors (Lipinski definition) is 2. The van der Waals surface area contributed by atoms with Crippen molar-refractivity contribution in [3.8, 4) is 5.75 Å². The van der Waals surface area contributed by atoms with Crippen LogP contribution in [0, 0.1) is 0 Å². The van der Waals surface area contributed by atoms with E-state index in [-0.39, 0.29) is 11.3 Å².